The fourth-order valence-electron chi connectivity index (χ4n) is 1.49. The van der Waals surface area contributed by atoms with Crippen LogP contribution in [0.2, 0.25) is 0 Å². The van der Waals surface area contributed by atoms with Gasteiger partial charge in [-0.15, -0.1) is 0 Å². The van der Waals surface area contributed by atoms with E-state index in [2.05, 4.69) is 32.9 Å². The Bertz CT molecular complexity index is 135. The van der Waals surface area contributed by atoms with E-state index in [0.29, 0.717) is 5.41 Å². The Morgan fingerprint density at radius 3 is 2.50 bits per heavy atom. The van der Waals surface area contributed by atoms with Gasteiger partial charge < -0.3 is 0 Å². The first-order valence-corrected chi connectivity index (χ1v) is 4.38. The van der Waals surface area contributed by atoms with Crippen LogP contribution in [-0.4, -0.2) is 0 Å². The third-order valence-corrected chi connectivity index (χ3v) is 2.87. The lowest BCUT2D eigenvalue weighted by Crippen LogP contribution is -2.28. The summed E-state index contributed by atoms with van der Waals surface area (Å²) in [5.41, 5.74) is 0.552. The SMILES string of the molecule is CCCCC1(C)C=CC1C. The predicted molar refractivity (Wildman–Crippen MR) is 45.9 cm³/mol. The van der Waals surface area contributed by atoms with E-state index in [1.165, 1.54) is 19.3 Å². The molecule has 1 rings (SSSR count). The molecule has 0 bridgehead atoms. The Labute approximate surface area is 64.3 Å². The molecule has 0 fully saturated rings. The minimum Gasteiger partial charge on any atom is -0.0843 e. The van der Waals surface area contributed by atoms with E-state index in [9.17, 15) is 0 Å². The molecule has 0 N–H and O–H groups in total. The summed E-state index contributed by atoms with van der Waals surface area (Å²) in [7, 11) is 0. The molecule has 0 aromatic carbocycles. The zero-order valence-corrected chi connectivity index (χ0v) is 7.35. The second-order valence-electron chi connectivity index (χ2n) is 3.76. The van der Waals surface area contributed by atoms with Crippen molar-refractivity contribution in [1.82, 2.24) is 0 Å². The fourth-order valence-corrected chi connectivity index (χ4v) is 1.49. The van der Waals surface area contributed by atoms with E-state index in [-0.39, 0.29) is 0 Å². The summed E-state index contributed by atoms with van der Waals surface area (Å²) >= 11 is 0. The molecule has 0 aromatic rings. The summed E-state index contributed by atoms with van der Waals surface area (Å²) < 4.78 is 0. The van der Waals surface area contributed by atoms with Crippen molar-refractivity contribution in [3.8, 4) is 0 Å². The first-order valence-electron chi connectivity index (χ1n) is 4.38. The number of rotatable bonds is 3. The lowest BCUT2D eigenvalue weighted by molar-refractivity contribution is 0.255. The zero-order valence-electron chi connectivity index (χ0n) is 7.35. The van der Waals surface area contributed by atoms with Crippen LogP contribution in [0.25, 0.3) is 0 Å². The zero-order chi connectivity index (χ0) is 7.61. The van der Waals surface area contributed by atoms with Gasteiger partial charge in [0.05, 0.1) is 0 Å². The highest BCUT2D eigenvalue weighted by Crippen LogP contribution is 2.42. The topological polar surface area (TPSA) is 0 Å². The Balaban J connectivity index is 2.33. The van der Waals surface area contributed by atoms with Crippen LogP contribution in [0, 0.1) is 11.3 Å². The molecule has 58 valence electrons. The molecule has 0 aliphatic heterocycles. The van der Waals surface area contributed by atoms with Gasteiger partial charge in [0.1, 0.15) is 0 Å². The highest BCUT2D eigenvalue weighted by molar-refractivity contribution is 5.15. The standard InChI is InChI=1S/C10H18/c1-4-5-7-10(3)8-6-9(10)2/h6,8-9H,4-5,7H2,1-3H3. The summed E-state index contributed by atoms with van der Waals surface area (Å²) in [4.78, 5) is 0. The molecule has 10 heavy (non-hydrogen) atoms. The second-order valence-corrected chi connectivity index (χ2v) is 3.76. The van der Waals surface area contributed by atoms with Gasteiger partial charge in [-0.1, -0.05) is 45.8 Å². The Hall–Kier alpha value is -0.260. The lowest BCUT2D eigenvalue weighted by Gasteiger charge is -2.38. The third kappa shape index (κ3) is 1.25. The number of allylic oxidation sites excluding steroid dienone is 2. The average Bonchev–Trinajstić information content (AvgIpc) is 1.97. The summed E-state index contributed by atoms with van der Waals surface area (Å²) in [6.07, 6.45) is 8.77. The van der Waals surface area contributed by atoms with Crippen molar-refractivity contribution in [3.63, 3.8) is 0 Å². The maximum Gasteiger partial charge on any atom is -0.00863 e. The van der Waals surface area contributed by atoms with E-state index < -0.39 is 0 Å². The van der Waals surface area contributed by atoms with Crippen LogP contribution in [-0.2, 0) is 0 Å². The van der Waals surface area contributed by atoms with Gasteiger partial charge in [0.2, 0.25) is 0 Å². The smallest absolute Gasteiger partial charge is 0.00863 e. The summed E-state index contributed by atoms with van der Waals surface area (Å²) in [5.74, 6) is 0.819. The van der Waals surface area contributed by atoms with Crippen LogP contribution in [0.15, 0.2) is 12.2 Å². The van der Waals surface area contributed by atoms with Gasteiger partial charge in [-0.25, -0.2) is 0 Å². The molecular formula is C10H18. The monoisotopic (exact) mass is 138 g/mol. The molecule has 0 nitrogen and oxygen atoms in total. The van der Waals surface area contributed by atoms with Crippen molar-refractivity contribution in [2.24, 2.45) is 11.3 Å². The van der Waals surface area contributed by atoms with Crippen LogP contribution in [0.3, 0.4) is 0 Å². The van der Waals surface area contributed by atoms with Gasteiger partial charge in [-0.2, -0.15) is 0 Å². The Morgan fingerprint density at radius 1 is 1.50 bits per heavy atom. The molecule has 0 spiro atoms. The minimum absolute atomic E-state index is 0.552. The lowest BCUT2D eigenvalue weighted by atomic mass is 9.67. The number of unbranched alkanes of at least 4 members (excludes halogenated alkanes) is 1. The molecule has 1 aliphatic carbocycles. The van der Waals surface area contributed by atoms with Crippen LogP contribution >= 0.6 is 0 Å². The largest absolute Gasteiger partial charge is 0.0843 e. The summed E-state index contributed by atoms with van der Waals surface area (Å²) in [5, 5.41) is 0. The summed E-state index contributed by atoms with van der Waals surface area (Å²) in [6.45, 7) is 6.94. The maximum absolute atomic E-state index is 2.37. The molecule has 0 heteroatoms. The molecule has 0 radical (unpaired) electrons. The van der Waals surface area contributed by atoms with Crippen molar-refractivity contribution in [3.05, 3.63) is 12.2 Å². The number of hydrogen-bond acceptors (Lipinski definition) is 0. The normalized spacial score (nSPS) is 37.7. The van der Waals surface area contributed by atoms with Crippen LogP contribution < -0.4 is 0 Å². The minimum atomic E-state index is 0.552. The van der Waals surface area contributed by atoms with Gasteiger partial charge in [0.15, 0.2) is 0 Å². The van der Waals surface area contributed by atoms with E-state index in [1.54, 1.807) is 0 Å². The van der Waals surface area contributed by atoms with Crippen molar-refractivity contribution in [2.75, 3.05) is 0 Å². The van der Waals surface area contributed by atoms with E-state index in [1.807, 2.05) is 0 Å². The fraction of sp³-hybridized carbons (Fsp3) is 0.800. The van der Waals surface area contributed by atoms with Gasteiger partial charge in [-0.3, -0.25) is 0 Å². The Kier molecular flexibility index (Phi) is 2.18. The predicted octanol–water partition coefficient (Wildman–Crippen LogP) is 3.39. The molecule has 0 aromatic heterocycles. The van der Waals surface area contributed by atoms with Crippen LogP contribution in [0.5, 0.6) is 0 Å². The van der Waals surface area contributed by atoms with Gasteiger partial charge in [-0.05, 0) is 17.8 Å². The molecule has 2 atom stereocenters. The highest BCUT2D eigenvalue weighted by atomic mass is 14.4. The van der Waals surface area contributed by atoms with E-state index >= 15 is 0 Å². The molecule has 0 saturated heterocycles. The quantitative estimate of drug-likeness (QED) is 0.524. The molecule has 0 amide bonds. The average molecular weight is 138 g/mol. The van der Waals surface area contributed by atoms with Crippen molar-refractivity contribution >= 4 is 0 Å². The van der Waals surface area contributed by atoms with Crippen molar-refractivity contribution in [1.29, 1.82) is 0 Å². The summed E-state index contributed by atoms with van der Waals surface area (Å²) in [6, 6.07) is 0. The second kappa shape index (κ2) is 2.77. The van der Waals surface area contributed by atoms with Crippen molar-refractivity contribution < 1.29 is 0 Å². The van der Waals surface area contributed by atoms with Crippen LogP contribution in [0.4, 0.5) is 0 Å². The van der Waals surface area contributed by atoms with E-state index in [0.717, 1.165) is 5.92 Å². The molecule has 0 heterocycles. The molecule has 1 aliphatic rings. The first kappa shape index (κ1) is 7.84. The third-order valence-electron chi connectivity index (χ3n) is 2.87. The van der Waals surface area contributed by atoms with Gasteiger partial charge in [0, 0.05) is 0 Å². The van der Waals surface area contributed by atoms with E-state index in [4.69, 9.17) is 0 Å². The molecule has 2 unspecified atom stereocenters. The Morgan fingerprint density at radius 2 is 2.20 bits per heavy atom. The van der Waals surface area contributed by atoms with Crippen LogP contribution in [0.1, 0.15) is 40.0 Å². The van der Waals surface area contributed by atoms with Gasteiger partial charge in [0.25, 0.3) is 0 Å². The molecule has 0 saturated carbocycles. The van der Waals surface area contributed by atoms with Gasteiger partial charge >= 0.3 is 0 Å². The number of hydrogen-bond donors (Lipinski definition) is 0. The highest BCUT2D eigenvalue weighted by Gasteiger charge is 2.32. The van der Waals surface area contributed by atoms with Crippen molar-refractivity contribution in [2.45, 2.75) is 40.0 Å². The molecular weight excluding hydrogens is 120 g/mol. The maximum atomic E-state index is 2.37. The first-order chi connectivity index (χ1) is 4.69.